The van der Waals surface area contributed by atoms with Crippen molar-refractivity contribution in [1.29, 1.82) is 0 Å². The van der Waals surface area contributed by atoms with Crippen LogP contribution in [0.3, 0.4) is 0 Å². The number of hydrogen-bond acceptors (Lipinski definition) is 6. The molecule has 3 aromatic carbocycles. The fourth-order valence-corrected chi connectivity index (χ4v) is 6.29. The molecule has 0 bridgehead atoms. The molecule has 2 atom stereocenters. The van der Waals surface area contributed by atoms with Gasteiger partial charge in [0.1, 0.15) is 5.41 Å². The maximum Gasteiger partial charge on any atom is 0.338 e. The molecule has 194 valence electrons. The van der Waals surface area contributed by atoms with Gasteiger partial charge in [0.05, 0.1) is 29.6 Å². The minimum Gasteiger partial charge on any atom is -0.462 e. The fraction of sp³-hybridized carbons (Fsp3) is 0.300. The number of benzene rings is 3. The number of nitrogens with zero attached hydrogens (tertiary/aromatic N) is 4. The van der Waals surface area contributed by atoms with E-state index >= 15 is 0 Å². The molecule has 0 N–H and O–H groups in total. The zero-order valence-electron chi connectivity index (χ0n) is 21.4. The van der Waals surface area contributed by atoms with E-state index in [0.29, 0.717) is 35.8 Å². The molecule has 3 aromatic rings. The zero-order chi connectivity index (χ0) is 26.4. The summed E-state index contributed by atoms with van der Waals surface area (Å²) in [5, 5.41) is 7.03. The lowest BCUT2D eigenvalue weighted by Crippen LogP contribution is -2.67. The molecule has 1 fully saturated rings. The van der Waals surface area contributed by atoms with Crippen molar-refractivity contribution in [2.24, 2.45) is 10.5 Å². The van der Waals surface area contributed by atoms with E-state index in [1.54, 1.807) is 31.2 Å². The van der Waals surface area contributed by atoms with Crippen molar-refractivity contribution >= 4 is 46.3 Å². The lowest BCUT2D eigenvalue weighted by Gasteiger charge is -2.53. The normalized spacial score (nSPS) is 22.3. The Kier molecular flexibility index (Phi) is 6.11. The second kappa shape index (κ2) is 9.48. The zero-order valence-corrected chi connectivity index (χ0v) is 22.2. The highest BCUT2D eigenvalue weighted by atomic mass is 35.5. The lowest BCUT2D eigenvalue weighted by molar-refractivity contribution is -0.125. The number of carbonyl (C=O) groups excluding carboxylic acids is 2. The van der Waals surface area contributed by atoms with E-state index in [2.05, 4.69) is 34.1 Å². The average molecular weight is 529 g/mol. The number of esters is 1. The van der Waals surface area contributed by atoms with Gasteiger partial charge in [-0.15, -0.1) is 0 Å². The number of para-hydroxylation sites is 1. The number of rotatable bonds is 4. The van der Waals surface area contributed by atoms with E-state index < -0.39 is 5.41 Å². The Morgan fingerprint density at radius 1 is 1.05 bits per heavy atom. The molecule has 7 nitrogen and oxygen atoms in total. The fourth-order valence-electron chi connectivity index (χ4n) is 6.10. The topological polar surface area (TPSA) is 65.5 Å². The summed E-state index contributed by atoms with van der Waals surface area (Å²) in [6.45, 7) is 6.33. The van der Waals surface area contributed by atoms with Crippen molar-refractivity contribution in [3.8, 4) is 0 Å². The highest BCUT2D eigenvalue weighted by Crippen LogP contribution is 2.48. The van der Waals surface area contributed by atoms with Gasteiger partial charge in [-0.05, 0) is 74.4 Å². The van der Waals surface area contributed by atoms with E-state index in [-0.39, 0.29) is 17.9 Å². The van der Waals surface area contributed by atoms with Gasteiger partial charge in [0.25, 0.3) is 5.91 Å². The molecule has 3 aliphatic heterocycles. The predicted molar refractivity (Wildman–Crippen MR) is 150 cm³/mol. The summed E-state index contributed by atoms with van der Waals surface area (Å²) in [5.41, 5.74) is 4.46. The van der Waals surface area contributed by atoms with Crippen molar-refractivity contribution < 1.29 is 14.3 Å². The van der Waals surface area contributed by atoms with Crippen molar-refractivity contribution in [2.75, 3.05) is 41.0 Å². The van der Waals surface area contributed by atoms with Crippen molar-refractivity contribution in [2.45, 2.75) is 26.3 Å². The standard InChI is InChI=1S/C30H29ClN4O3/c1-3-38-28(36)21-11-13-24(14-12-21)35-29(37)30(20(2)32-35)18-22-7-4-5-10-26(22)34-16-15-33(19-27(30)34)25-9-6-8-23(31)17-25/h4-14,17,27H,3,15-16,18-19H2,1-2H3/t27-,30+/m0/s1. The number of amides is 1. The van der Waals surface area contributed by atoms with Gasteiger partial charge in [-0.2, -0.15) is 10.1 Å². The number of halogens is 1. The second-order valence-corrected chi connectivity index (χ2v) is 10.4. The van der Waals surface area contributed by atoms with Gasteiger partial charge in [0, 0.05) is 36.0 Å². The number of anilines is 3. The quantitative estimate of drug-likeness (QED) is 0.437. The first-order valence-electron chi connectivity index (χ1n) is 12.9. The van der Waals surface area contributed by atoms with E-state index in [0.717, 1.165) is 30.1 Å². The van der Waals surface area contributed by atoms with Crippen LogP contribution in [0, 0.1) is 5.41 Å². The van der Waals surface area contributed by atoms with Crippen LogP contribution < -0.4 is 14.8 Å². The first-order chi connectivity index (χ1) is 18.4. The molecule has 1 saturated heterocycles. The molecule has 38 heavy (non-hydrogen) atoms. The summed E-state index contributed by atoms with van der Waals surface area (Å²) in [4.78, 5) is 31.3. The molecule has 0 unspecified atom stereocenters. The summed E-state index contributed by atoms with van der Waals surface area (Å²) >= 11 is 6.32. The Morgan fingerprint density at radius 3 is 2.61 bits per heavy atom. The van der Waals surface area contributed by atoms with Gasteiger partial charge >= 0.3 is 5.97 Å². The average Bonchev–Trinajstić information content (AvgIpc) is 3.18. The number of ether oxygens (including phenoxy) is 1. The van der Waals surface area contributed by atoms with Crippen LogP contribution in [0.25, 0.3) is 0 Å². The molecule has 0 aromatic heterocycles. The van der Waals surface area contributed by atoms with Crippen LogP contribution in [0.5, 0.6) is 0 Å². The monoisotopic (exact) mass is 528 g/mol. The van der Waals surface area contributed by atoms with Gasteiger partial charge in [0.15, 0.2) is 0 Å². The Balaban J connectivity index is 1.38. The van der Waals surface area contributed by atoms with Crippen LogP contribution in [-0.4, -0.2) is 49.9 Å². The third-order valence-electron chi connectivity index (χ3n) is 7.99. The smallest absolute Gasteiger partial charge is 0.338 e. The Labute approximate surface area is 227 Å². The number of hydrogen-bond donors (Lipinski definition) is 0. The lowest BCUT2D eigenvalue weighted by atomic mass is 9.67. The minimum absolute atomic E-state index is 0.0451. The van der Waals surface area contributed by atoms with Crippen molar-refractivity contribution in [3.05, 3.63) is 88.9 Å². The molecule has 0 aliphatic carbocycles. The van der Waals surface area contributed by atoms with Crippen LogP contribution >= 0.6 is 11.6 Å². The third kappa shape index (κ3) is 3.84. The molecule has 8 heteroatoms. The number of carbonyl (C=O) groups is 2. The van der Waals surface area contributed by atoms with Crippen LogP contribution in [-0.2, 0) is 16.0 Å². The molecular weight excluding hydrogens is 500 g/mol. The van der Waals surface area contributed by atoms with Gasteiger partial charge in [-0.25, -0.2) is 4.79 Å². The number of piperazine rings is 1. The third-order valence-corrected chi connectivity index (χ3v) is 8.22. The molecule has 6 rings (SSSR count). The molecule has 0 saturated carbocycles. The van der Waals surface area contributed by atoms with E-state index in [1.807, 2.05) is 31.2 Å². The SMILES string of the molecule is CCOC(=O)c1ccc(N2N=C(C)[C@@]3(Cc4ccccc4N4CCN(c5cccc(Cl)c5)C[C@H]43)C2=O)cc1. The second-order valence-electron chi connectivity index (χ2n) is 9.98. The van der Waals surface area contributed by atoms with E-state index in [9.17, 15) is 9.59 Å². The highest BCUT2D eigenvalue weighted by molar-refractivity contribution is 6.30. The van der Waals surface area contributed by atoms with Crippen LogP contribution in [0.1, 0.15) is 29.8 Å². The number of hydrazone groups is 1. The summed E-state index contributed by atoms with van der Waals surface area (Å²) in [6.07, 6.45) is 0.583. The van der Waals surface area contributed by atoms with Crippen molar-refractivity contribution in [1.82, 2.24) is 0 Å². The largest absolute Gasteiger partial charge is 0.462 e. The van der Waals surface area contributed by atoms with Gasteiger partial charge in [0.2, 0.25) is 0 Å². The van der Waals surface area contributed by atoms with Gasteiger partial charge in [-0.3, -0.25) is 4.79 Å². The first kappa shape index (κ1) is 24.5. The molecule has 1 amide bonds. The van der Waals surface area contributed by atoms with Gasteiger partial charge < -0.3 is 14.5 Å². The van der Waals surface area contributed by atoms with E-state index in [4.69, 9.17) is 21.4 Å². The maximum atomic E-state index is 14.4. The van der Waals surface area contributed by atoms with Crippen molar-refractivity contribution in [3.63, 3.8) is 0 Å². The summed E-state index contributed by atoms with van der Waals surface area (Å²) < 4.78 is 5.10. The Hall–Kier alpha value is -3.84. The first-order valence-corrected chi connectivity index (χ1v) is 13.3. The van der Waals surface area contributed by atoms with Crippen LogP contribution in [0.15, 0.2) is 77.9 Å². The molecule has 1 spiro atoms. The van der Waals surface area contributed by atoms with Crippen LogP contribution in [0.2, 0.25) is 5.02 Å². The predicted octanol–water partition coefficient (Wildman–Crippen LogP) is 5.18. The molecular formula is C30H29ClN4O3. The van der Waals surface area contributed by atoms with E-state index in [1.165, 1.54) is 10.7 Å². The highest BCUT2D eigenvalue weighted by Gasteiger charge is 2.59. The maximum absolute atomic E-state index is 14.4. The number of fused-ring (bicyclic) bond motifs is 4. The minimum atomic E-state index is -0.814. The summed E-state index contributed by atoms with van der Waals surface area (Å²) in [5.74, 6) is -0.429. The molecule has 3 heterocycles. The van der Waals surface area contributed by atoms with Crippen LogP contribution in [0.4, 0.5) is 17.1 Å². The summed E-state index contributed by atoms with van der Waals surface area (Å²) in [6, 6.07) is 23.0. The molecule has 0 radical (unpaired) electrons. The molecule has 3 aliphatic rings. The summed E-state index contributed by atoms with van der Waals surface area (Å²) in [7, 11) is 0. The Morgan fingerprint density at radius 2 is 1.84 bits per heavy atom. The Bertz CT molecular complexity index is 1440. The van der Waals surface area contributed by atoms with Gasteiger partial charge in [-0.1, -0.05) is 35.9 Å².